The van der Waals surface area contributed by atoms with Gasteiger partial charge in [0.25, 0.3) is 5.91 Å². The summed E-state index contributed by atoms with van der Waals surface area (Å²) in [6.07, 6.45) is 1.71. The lowest BCUT2D eigenvalue weighted by Crippen LogP contribution is -2.35. The standard InChI is InChI=1S/C22H23FN4O3S/c1-15(10-11-16-6-3-2-4-7-16)24-19(28)13-30-14-20-26-27-22(31-20)21(29)25-18-9-5-8-17(23)12-18/h2-9,12,15H,10-11,13-14H2,1H3,(H,24,28)(H,25,29). The molecule has 3 rings (SSSR count). The summed E-state index contributed by atoms with van der Waals surface area (Å²) in [5.74, 6) is -1.15. The van der Waals surface area contributed by atoms with Crippen molar-refractivity contribution in [2.24, 2.45) is 0 Å². The Morgan fingerprint density at radius 2 is 1.94 bits per heavy atom. The second-order valence-corrected chi connectivity index (χ2v) is 8.01. The Balaban J connectivity index is 1.37. The molecular formula is C22H23FN4O3S. The second-order valence-electron chi connectivity index (χ2n) is 6.95. The number of halogens is 1. The van der Waals surface area contributed by atoms with Crippen LogP contribution in [0, 0.1) is 5.82 Å². The number of carbonyl (C=O) groups excluding carboxylic acids is 2. The van der Waals surface area contributed by atoms with E-state index in [1.165, 1.54) is 23.8 Å². The van der Waals surface area contributed by atoms with Gasteiger partial charge in [-0.1, -0.05) is 47.7 Å². The summed E-state index contributed by atoms with van der Waals surface area (Å²) >= 11 is 1.05. The Hall–Kier alpha value is -3.17. The average Bonchev–Trinajstić information content (AvgIpc) is 3.22. The number of aryl methyl sites for hydroxylation is 1. The summed E-state index contributed by atoms with van der Waals surface area (Å²) in [5, 5.41) is 13.8. The molecule has 9 heteroatoms. The number of anilines is 1. The number of amides is 2. The lowest BCUT2D eigenvalue weighted by atomic mass is 10.1. The number of nitrogens with one attached hydrogen (secondary N) is 2. The molecule has 7 nitrogen and oxygen atoms in total. The van der Waals surface area contributed by atoms with Crippen LogP contribution >= 0.6 is 11.3 Å². The third-order valence-electron chi connectivity index (χ3n) is 4.32. The predicted octanol–water partition coefficient (Wildman–Crippen LogP) is 3.58. The van der Waals surface area contributed by atoms with Crippen molar-refractivity contribution in [3.8, 4) is 0 Å². The Labute approximate surface area is 183 Å². The number of rotatable bonds is 10. The predicted molar refractivity (Wildman–Crippen MR) is 116 cm³/mol. The van der Waals surface area contributed by atoms with Crippen LogP contribution in [0.5, 0.6) is 0 Å². The summed E-state index contributed by atoms with van der Waals surface area (Å²) in [6.45, 7) is 1.91. The number of ether oxygens (including phenoxy) is 1. The van der Waals surface area contributed by atoms with E-state index >= 15 is 0 Å². The van der Waals surface area contributed by atoms with Gasteiger partial charge in [-0.3, -0.25) is 9.59 Å². The van der Waals surface area contributed by atoms with Crippen molar-refractivity contribution in [3.05, 3.63) is 76.0 Å². The molecule has 0 bridgehead atoms. The molecule has 0 radical (unpaired) electrons. The molecule has 0 aliphatic rings. The minimum absolute atomic E-state index is 0.0240. The van der Waals surface area contributed by atoms with E-state index in [1.54, 1.807) is 6.07 Å². The van der Waals surface area contributed by atoms with Gasteiger partial charge in [0.2, 0.25) is 10.9 Å². The van der Waals surface area contributed by atoms with E-state index < -0.39 is 11.7 Å². The number of aromatic nitrogens is 2. The molecule has 1 unspecified atom stereocenters. The summed E-state index contributed by atoms with van der Waals surface area (Å²) in [4.78, 5) is 24.2. The van der Waals surface area contributed by atoms with Gasteiger partial charge < -0.3 is 15.4 Å². The molecule has 0 spiro atoms. The number of hydrogen-bond acceptors (Lipinski definition) is 6. The Morgan fingerprint density at radius 3 is 2.71 bits per heavy atom. The molecule has 2 N–H and O–H groups in total. The van der Waals surface area contributed by atoms with Gasteiger partial charge in [0, 0.05) is 11.7 Å². The quantitative estimate of drug-likeness (QED) is 0.501. The van der Waals surface area contributed by atoms with Gasteiger partial charge in [-0.25, -0.2) is 4.39 Å². The fraction of sp³-hybridized carbons (Fsp3) is 0.273. The van der Waals surface area contributed by atoms with Gasteiger partial charge in [-0.05, 0) is 43.5 Å². The molecule has 0 saturated carbocycles. The minimum atomic E-state index is -0.487. The lowest BCUT2D eigenvalue weighted by molar-refractivity contribution is -0.126. The average molecular weight is 443 g/mol. The molecule has 0 saturated heterocycles. The summed E-state index contributed by atoms with van der Waals surface area (Å²) in [6, 6.07) is 15.7. The number of nitrogens with zero attached hydrogens (tertiary/aromatic N) is 2. The minimum Gasteiger partial charge on any atom is -0.364 e. The first kappa shape index (κ1) is 22.5. The fourth-order valence-corrected chi connectivity index (χ4v) is 3.47. The molecule has 0 aliphatic carbocycles. The summed E-state index contributed by atoms with van der Waals surface area (Å²) < 4.78 is 18.6. The maximum atomic E-state index is 13.2. The maximum Gasteiger partial charge on any atom is 0.286 e. The zero-order valence-electron chi connectivity index (χ0n) is 17.0. The van der Waals surface area contributed by atoms with E-state index in [1.807, 2.05) is 25.1 Å². The van der Waals surface area contributed by atoms with Crippen molar-refractivity contribution in [3.63, 3.8) is 0 Å². The van der Waals surface area contributed by atoms with Gasteiger partial charge in [-0.15, -0.1) is 10.2 Å². The van der Waals surface area contributed by atoms with E-state index in [0.29, 0.717) is 10.7 Å². The second kappa shape index (κ2) is 11.3. The molecule has 1 aromatic heterocycles. The summed E-state index contributed by atoms with van der Waals surface area (Å²) in [7, 11) is 0. The van der Waals surface area contributed by atoms with E-state index in [-0.39, 0.29) is 30.2 Å². The van der Waals surface area contributed by atoms with Crippen LogP contribution in [0.4, 0.5) is 10.1 Å². The van der Waals surface area contributed by atoms with E-state index in [4.69, 9.17) is 4.74 Å². The van der Waals surface area contributed by atoms with Gasteiger partial charge in [0.1, 0.15) is 24.0 Å². The molecule has 31 heavy (non-hydrogen) atoms. The number of hydrogen-bond donors (Lipinski definition) is 2. The summed E-state index contributed by atoms with van der Waals surface area (Å²) in [5.41, 5.74) is 1.56. The van der Waals surface area contributed by atoms with Gasteiger partial charge >= 0.3 is 0 Å². The van der Waals surface area contributed by atoms with E-state index in [0.717, 1.165) is 24.2 Å². The Kier molecular flexibility index (Phi) is 8.19. The highest BCUT2D eigenvalue weighted by Crippen LogP contribution is 2.15. The van der Waals surface area contributed by atoms with Crippen LogP contribution in [0.1, 0.15) is 33.7 Å². The zero-order chi connectivity index (χ0) is 22.1. The monoisotopic (exact) mass is 442 g/mol. The van der Waals surface area contributed by atoms with E-state index in [2.05, 4.69) is 33.0 Å². The normalized spacial score (nSPS) is 11.7. The molecule has 1 atom stereocenters. The van der Waals surface area contributed by atoms with Crippen molar-refractivity contribution < 1.29 is 18.7 Å². The van der Waals surface area contributed by atoms with Crippen LogP contribution < -0.4 is 10.6 Å². The lowest BCUT2D eigenvalue weighted by Gasteiger charge is -2.13. The largest absolute Gasteiger partial charge is 0.364 e. The van der Waals surface area contributed by atoms with Crippen molar-refractivity contribution >= 4 is 28.8 Å². The van der Waals surface area contributed by atoms with Crippen LogP contribution in [0.3, 0.4) is 0 Å². The first-order valence-corrected chi connectivity index (χ1v) is 10.6. The van der Waals surface area contributed by atoms with Crippen molar-refractivity contribution in [1.29, 1.82) is 0 Å². The zero-order valence-corrected chi connectivity index (χ0v) is 17.8. The third kappa shape index (κ3) is 7.54. The molecule has 2 aromatic carbocycles. The van der Waals surface area contributed by atoms with Crippen LogP contribution in [-0.2, 0) is 22.6 Å². The first-order valence-electron chi connectivity index (χ1n) is 9.80. The Morgan fingerprint density at radius 1 is 1.13 bits per heavy atom. The van der Waals surface area contributed by atoms with Gasteiger partial charge in [0.05, 0.1) is 0 Å². The van der Waals surface area contributed by atoms with E-state index in [9.17, 15) is 14.0 Å². The number of benzene rings is 2. The highest BCUT2D eigenvalue weighted by atomic mass is 32.1. The van der Waals surface area contributed by atoms with Crippen molar-refractivity contribution in [1.82, 2.24) is 15.5 Å². The topological polar surface area (TPSA) is 93.2 Å². The first-order chi connectivity index (χ1) is 15.0. The van der Waals surface area contributed by atoms with Crippen LogP contribution in [0.2, 0.25) is 0 Å². The van der Waals surface area contributed by atoms with Crippen LogP contribution in [0.25, 0.3) is 0 Å². The molecule has 162 valence electrons. The van der Waals surface area contributed by atoms with Crippen LogP contribution in [-0.4, -0.2) is 34.7 Å². The molecule has 1 heterocycles. The van der Waals surface area contributed by atoms with Crippen molar-refractivity contribution in [2.75, 3.05) is 11.9 Å². The highest BCUT2D eigenvalue weighted by molar-refractivity contribution is 7.13. The third-order valence-corrected chi connectivity index (χ3v) is 5.21. The van der Waals surface area contributed by atoms with Gasteiger partial charge in [0.15, 0.2) is 0 Å². The van der Waals surface area contributed by atoms with Crippen molar-refractivity contribution in [2.45, 2.75) is 32.4 Å². The van der Waals surface area contributed by atoms with Crippen LogP contribution in [0.15, 0.2) is 54.6 Å². The molecule has 0 aliphatic heterocycles. The molecule has 0 fully saturated rings. The molecule has 3 aromatic rings. The highest BCUT2D eigenvalue weighted by Gasteiger charge is 2.14. The van der Waals surface area contributed by atoms with Gasteiger partial charge in [-0.2, -0.15) is 0 Å². The molecular weight excluding hydrogens is 419 g/mol. The fourth-order valence-electron chi connectivity index (χ4n) is 2.80. The SMILES string of the molecule is CC(CCc1ccccc1)NC(=O)COCc1nnc(C(=O)Nc2cccc(F)c2)s1. The Bertz CT molecular complexity index is 1010. The molecule has 2 amide bonds. The maximum absolute atomic E-state index is 13.2. The smallest absolute Gasteiger partial charge is 0.286 e. The number of carbonyl (C=O) groups is 2.